The van der Waals surface area contributed by atoms with Gasteiger partial charge in [-0.2, -0.15) is 0 Å². The summed E-state index contributed by atoms with van der Waals surface area (Å²) in [5.41, 5.74) is 1.70. The lowest BCUT2D eigenvalue weighted by Crippen LogP contribution is -2.40. The van der Waals surface area contributed by atoms with Crippen LogP contribution in [-0.4, -0.2) is 21.8 Å². The van der Waals surface area contributed by atoms with Gasteiger partial charge >= 0.3 is 0 Å². The maximum absolute atomic E-state index is 12.7. The van der Waals surface area contributed by atoms with Crippen LogP contribution in [0.15, 0.2) is 72.8 Å². The highest BCUT2D eigenvalue weighted by Crippen LogP contribution is 2.36. The Morgan fingerprint density at radius 2 is 1.00 bits per heavy atom. The number of fused-ring (bicyclic) bond motifs is 2. The van der Waals surface area contributed by atoms with E-state index in [1.807, 2.05) is 76.2 Å². The first-order chi connectivity index (χ1) is 17.1. The Kier molecular flexibility index (Phi) is 6.10. The van der Waals surface area contributed by atoms with Crippen molar-refractivity contribution in [3.05, 3.63) is 93.9 Å². The molecular weight excluding hydrogens is 488 g/mol. The molecule has 2 N–H and O–H groups in total. The molecule has 0 radical (unpaired) electrons. The van der Waals surface area contributed by atoms with Crippen LogP contribution in [0.4, 0.5) is 0 Å². The van der Waals surface area contributed by atoms with Gasteiger partial charge in [0.2, 0.25) is 0 Å². The molecule has 182 valence electrons. The Bertz CT molecular complexity index is 1400. The summed E-state index contributed by atoms with van der Waals surface area (Å²) in [6, 6.07) is 22.4. The van der Waals surface area contributed by atoms with Crippen LogP contribution < -0.4 is 10.6 Å². The summed E-state index contributed by atoms with van der Waals surface area (Å²) in [5, 5.41) is 7.86. The molecule has 3 aromatic carbocycles. The van der Waals surface area contributed by atoms with Crippen LogP contribution in [0.3, 0.4) is 0 Å². The molecule has 5 rings (SSSR count). The van der Waals surface area contributed by atoms with Crippen molar-refractivity contribution in [1.29, 1.82) is 0 Å². The second-order valence-corrected chi connectivity index (χ2v) is 11.8. The molecule has 2 heterocycles. The van der Waals surface area contributed by atoms with Gasteiger partial charge in [0.15, 0.2) is 0 Å². The van der Waals surface area contributed by atoms with Gasteiger partial charge in [0.1, 0.15) is 10.0 Å². The second kappa shape index (κ2) is 9.11. The maximum atomic E-state index is 12.7. The molecule has 0 unspecified atom stereocenters. The molecule has 6 nitrogen and oxygen atoms in total. The highest BCUT2D eigenvalue weighted by atomic mass is 32.1. The van der Waals surface area contributed by atoms with E-state index in [2.05, 4.69) is 10.6 Å². The Morgan fingerprint density at radius 1 is 0.639 bits per heavy atom. The van der Waals surface area contributed by atoms with Crippen LogP contribution in [0, 0.1) is 0 Å². The van der Waals surface area contributed by atoms with Crippen LogP contribution >= 0.6 is 22.7 Å². The second-order valence-electron chi connectivity index (χ2n) is 9.72. The summed E-state index contributed by atoms with van der Waals surface area (Å²) < 4.78 is 2.00. The lowest BCUT2D eigenvalue weighted by atomic mass is 10.1. The largest absolute Gasteiger partial charge is 0.341 e. The van der Waals surface area contributed by atoms with Crippen molar-refractivity contribution >= 4 is 54.9 Å². The fraction of sp³-hybridized carbons (Fsp3) is 0.214. The summed E-state index contributed by atoms with van der Waals surface area (Å²) in [5.74, 6) is -0.265. The monoisotopic (exact) mass is 514 g/mol. The molecule has 8 heteroatoms. The molecule has 5 aromatic rings. The SMILES string of the molecule is CC(C)(NC(=O)c1ccccc1)c1nc2cc3sc(C(C)(C)NC(=O)c4ccccc4)nc3cc2s1. The molecule has 2 amide bonds. The topological polar surface area (TPSA) is 84.0 Å². The van der Waals surface area contributed by atoms with Gasteiger partial charge in [0.05, 0.1) is 31.5 Å². The molecule has 0 fully saturated rings. The molecule has 0 spiro atoms. The molecule has 0 saturated carbocycles. The van der Waals surface area contributed by atoms with Crippen molar-refractivity contribution < 1.29 is 9.59 Å². The van der Waals surface area contributed by atoms with Gasteiger partial charge in [-0.1, -0.05) is 36.4 Å². The Balaban J connectivity index is 1.40. The summed E-state index contributed by atoms with van der Waals surface area (Å²) in [4.78, 5) is 35.2. The molecule has 0 aliphatic heterocycles. The van der Waals surface area contributed by atoms with E-state index < -0.39 is 11.1 Å². The van der Waals surface area contributed by atoms with E-state index in [4.69, 9.17) is 9.97 Å². The first-order valence-corrected chi connectivity index (χ1v) is 13.2. The summed E-state index contributed by atoms with van der Waals surface area (Å²) in [7, 11) is 0. The van der Waals surface area contributed by atoms with E-state index in [0.29, 0.717) is 11.1 Å². The van der Waals surface area contributed by atoms with Crippen LogP contribution in [0.2, 0.25) is 0 Å². The third kappa shape index (κ3) is 4.74. The van der Waals surface area contributed by atoms with Crippen molar-refractivity contribution in [1.82, 2.24) is 20.6 Å². The summed E-state index contributed by atoms with van der Waals surface area (Å²) >= 11 is 3.10. The zero-order chi connectivity index (χ0) is 25.5. The number of thiazole rings is 2. The summed E-state index contributed by atoms with van der Waals surface area (Å²) in [6.45, 7) is 7.84. The Hall–Kier alpha value is -3.62. The predicted octanol–water partition coefficient (Wildman–Crippen LogP) is 6.24. The molecule has 0 atom stereocenters. The van der Waals surface area contributed by atoms with Gasteiger partial charge in [-0.25, -0.2) is 9.97 Å². The molecule has 2 aromatic heterocycles. The number of hydrogen-bond acceptors (Lipinski definition) is 6. The standard InChI is InChI=1S/C28H26N4O2S2/c1-27(2,31-23(33)17-11-7-5-8-12-17)25-29-19-15-22-20(16-21(19)35-25)30-26(36-22)28(3,4)32-24(34)18-13-9-6-10-14-18/h5-16H,1-4H3,(H,31,33)(H,32,34). The number of amides is 2. The third-order valence-electron chi connectivity index (χ3n) is 5.89. The van der Waals surface area contributed by atoms with Crippen LogP contribution in [-0.2, 0) is 11.1 Å². The van der Waals surface area contributed by atoms with Crippen molar-refractivity contribution in [2.45, 2.75) is 38.8 Å². The first kappa shape index (κ1) is 24.1. The first-order valence-electron chi connectivity index (χ1n) is 11.6. The normalized spacial score (nSPS) is 12.1. The fourth-order valence-corrected chi connectivity index (χ4v) is 5.96. The van der Waals surface area contributed by atoms with Crippen LogP contribution in [0.25, 0.3) is 20.4 Å². The number of carbonyl (C=O) groups excluding carboxylic acids is 2. The average Bonchev–Trinajstić information content (AvgIpc) is 3.47. The van der Waals surface area contributed by atoms with E-state index >= 15 is 0 Å². The van der Waals surface area contributed by atoms with Gasteiger partial charge in [0.25, 0.3) is 11.8 Å². The summed E-state index contributed by atoms with van der Waals surface area (Å²) in [6.07, 6.45) is 0. The van der Waals surface area contributed by atoms with Gasteiger partial charge < -0.3 is 10.6 Å². The van der Waals surface area contributed by atoms with E-state index in [9.17, 15) is 9.59 Å². The maximum Gasteiger partial charge on any atom is 0.252 e. The van der Waals surface area contributed by atoms with Gasteiger partial charge in [-0.05, 0) is 64.1 Å². The van der Waals surface area contributed by atoms with Gasteiger partial charge in [-0.15, -0.1) is 22.7 Å². The average molecular weight is 515 g/mol. The van der Waals surface area contributed by atoms with Crippen molar-refractivity contribution in [3.8, 4) is 0 Å². The minimum absolute atomic E-state index is 0.132. The third-order valence-corrected chi connectivity index (χ3v) is 8.57. The lowest BCUT2D eigenvalue weighted by molar-refractivity contribution is 0.0903. The minimum atomic E-state index is -0.633. The number of nitrogens with one attached hydrogen (secondary N) is 2. The highest BCUT2D eigenvalue weighted by Gasteiger charge is 2.29. The lowest BCUT2D eigenvalue weighted by Gasteiger charge is -2.23. The molecule has 36 heavy (non-hydrogen) atoms. The van der Waals surface area contributed by atoms with E-state index in [0.717, 1.165) is 30.4 Å². The molecule has 0 bridgehead atoms. The Morgan fingerprint density at radius 3 is 1.36 bits per heavy atom. The predicted molar refractivity (Wildman–Crippen MR) is 147 cm³/mol. The number of benzene rings is 3. The van der Waals surface area contributed by atoms with Crippen molar-refractivity contribution in [2.75, 3.05) is 0 Å². The van der Waals surface area contributed by atoms with Crippen molar-refractivity contribution in [2.24, 2.45) is 0 Å². The smallest absolute Gasteiger partial charge is 0.252 e. The van der Waals surface area contributed by atoms with Crippen molar-refractivity contribution in [3.63, 3.8) is 0 Å². The zero-order valence-corrected chi connectivity index (χ0v) is 22.1. The molecular formula is C28H26N4O2S2. The van der Waals surface area contributed by atoms with Gasteiger partial charge in [0, 0.05) is 11.1 Å². The minimum Gasteiger partial charge on any atom is -0.341 e. The molecule has 0 aliphatic carbocycles. The zero-order valence-electron chi connectivity index (χ0n) is 20.5. The van der Waals surface area contributed by atoms with Gasteiger partial charge in [-0.3, -0.25) is 9.59 Å². The van der Waals surface area contributed by atoms with Crippen LogP contribution in [0.1, 0.15) is 58.4 Å². The van der Waals surface area contributed by atoms with E-state index in [-0.39, 0.29) is 11.8 Å². The number of nitrogens with zero attached hydrogens (tertiary/aromatic N) is 2. The number of hydrogen-bond donors (Lipinski definition) is 2. The molecule has 0 saturated heterocycles. The van der Waals surface area contributed by atoms with E-state index in [1.165, 1.54) is 0 Å². The number of carbonyl (C=O) groups is 2. The van der Waals surface area contributed by atoms with Crippen LogP contribution in [0.5, 0.6) is 0 Å². The number of rotatable bonds is 6. The quantitative estimate of drug-likeness (QED) is 0.281. The fourth-order valence-electron chi connectivity index (χ4n) is 3.88. The molecule has 0 aliphatic rings. The highest BCUT2D eigenvalue weighted by molar-refractivity contribution is 7.20. The Labute approximate surface area is 217 Å². The van der Waals surface area contributed by atoms with E-state index in [1.54, 1.807) is 46.9 Å². The number of aromatic nitrogens is 2.